The van der Waals surface area contributed by atoms with Gasteiger partial charge in [-0.25, -0.2) is 23.7 Å². The maximum absolute atomic E-state index is 14.5. The largest absolute Gasteiger partial charge is 0.494 e. The van der Waals surface area contributed by atoms with Crippen LogP contribution in [0.1, 0.15) is 16.1 Å². The minimum Gasteiger partial charge on any atom is -0.494 e. The van der Waals surface area contributed by atoms with Crippen LogP contribution in [-0.2, 0) is 6.61 Å². The van der Waals surface area contributed by atoms with Crippen LogP contribution in [0.5, 0.6) is 17.2 Å². The molecule has 10 nitrogen and oxygen atoms in total. The summed E-state index contributed by atoms with van der Waals surface area (Å²) in [5, 5.41) is 5.08. The monoisotopic (exact) mass is 506 g/mol. The second-order valence-electron chi connectivity index (χ2n) is 7.68. The predicted molar refractivity (Wildman–Crippen MR) is 125 cm³/mol. The van der Waals surface area contributed by atoms with Crippen LogP contribution in [0.4, 0.5) is 19.9 Å². The lowest BCUT2D eigenvalue weighted by Gasteiger charge is -2.31. The number of carbonyl (C=O) groups excluding carboxylic acids is 1. The highest BCUT2D eigenvalue weighted by molar-refractivity contribution is 7.14. The van der Waals surface area contributed by atoms with Crippen molar-refractivity contribution in [3.63, 3.8) is 0 Å². The van der Waals surface area contributed by atoms with E-state index in [2.05, 4.69) is 25.2 Å². The van der Waals surface area contributed by atoms with Gasteiger partial charge in [0.25, 0.3) is 5.91 Å². The molecule has 0 bridgehead atoms. The van der Waals surface area contributed by atoms with E-state index < -0.39 is 18.2 Å². The topological polar surface area (TPSA) is 102 Å². The molecule has 0 unspecified atom stereocenters. The van der Waals surface area contributed by atoms with Crippen LogP contribution in [0, 0.1) is 11.6 Å². The Hall–Kier alpha value is -3.58. The van der Waals surface area contributed by atoms with Gasteiger partial charge in [-0.3, -0.25) is 4.79 Å². The van der Waals surface area contributed by atoms with Gasteiger partial charge in [-0.05, 0) is 7.05 Å². The molecule has 35 heavy (non-hydrogen) atoms. The molecule has 1 aromatic carbocycles. The zero-order chi connectivity index (χ0) is 24.9. The van der Waals surface area contributed by atoms with Gasteiger partial charge in [0.15, 0.2) is 34.0 Å². The van der Waals surface area contributed by atoms with E-state index >= 15 is 0 Å². The van der Waals surface area contributed by atoms with Gasteiger partial charge in [0.05, 0.1) is 32.2 Å². The molecule has 1 aliphatic rings. The van der Waals surface area contributed by atoms with E-state index in [9.17, 15) is 13.6 Å². The first-order valence-corrected chi connectivity index (χ1v) is 11.5. The highest BCUT2D eigenvalue weighted by Crippen LogP contribution is 2.32. The van der Waals surface area contributed by atoms with Gasteiger partial charge in [-0.15, -0.1) is 11.3 Å². The fraction of sp³-hybridized carbons (Fsp3) is 0.364. The highest BCUT2D eigenvalue weighted by Gasteiger charge is 2.23. The van der Waals surface area contributed by atoms with Gasteiger partial charge in [0, 0.05) is 37.6 Å². The van der Waals surface area contributed by atoms with Gasteiger partial charge in [0.2, 0.25) is 5.95 Å². The van der Waals surface area contributed by atoms with Crippen molar-refractivity contribution in [3.8, 4) is 17.2 Å². The normalized spacial score (nSPS) is 14.0. The fourth-order valence-corrected chi connectivity index (χ4v) is 4.05. The number of benzene rings is 1. The highest BCUT2D eigenvalue weighted by atomic mass is 32.1. The summed E-state index contributed by atoms with van der Waals surface area (Å²) in [5.41, 5.74) is 0.0171. The molecule has 1 saturated heterocycles. The van der Waals surface area contributed by atoms with Gasteiger partial charge in [0.1, 0.15) is 12.3 Å². The number of nitrogens with zero attached hydrogens (tertiary/aromatic N) is 5. The van der Waals surface area contributed by atoms with Crippen molar-refractivity contribution in [2.45, 2.75) is 6.61 Å². The summed E-state index contributed by atoms with van der Waals surface area (Å²) in [6.45, 7) is 2.56. The van der Waals surface area contributed by atoms with Gasteiger partial charge in [-0.2, -0.15) is 0 Å². The average Bonchev–Trinajstić information content (AvgIpc) is 3.33. The Kier molecular flexibility index (Phi) is 7.56. The number of hydrogen-bond donors (Lipinski definition) is 1. The van der Waals surface area contributed by atoms with E-state index in [1.807, 2.05) is 7.05 Å². The van der Waals surface area contributed by atoms with E-state index in [0.717, 1.165) is 19.2 Å². The van der Waals surface area contributed by atoms with E-state index in [4.69, 9.17) is 14.2 Å². The summed E-state index contributed by atoms with van der Waals surface area (Å²) in [6.07, 6.45) is 2.71. The number of nitrogens with one attached hydrogen (secondary N) is 1. The van der Waals surface area contributed by atoms with Crippen molar-refractivity contribution in [3.05, 3.63) is 46.7 Å². The van der Waals surface area contributed by atoms with Crippen molar-refractivity contribution in [1.29, 1.82) is 0 Å². The summed E-state index contributed by atoms with van der Waals surface area (Å²) in [5.74, 6) is -1.77. The van der Waals surface area contributed by atoms with Crippen LogP contribution in [0.2, 0.25) is 0 Å². The molecule has 0 saturated carbocycles. The third-order valence-corrected chi connectivity index (χ3v) is 6.17. The Morgan fingerprint density at radius 2 is 1.71 bits per heavy atom. The fourth-order valence-electron chi connectivity index (χ4n) is 3.37. The molecule has 1 N–H and O–H groups in total. The number of rotatable bonds is 8. The zero-order valence-corrected chi connectivity index (χ0v) is 20.2. The lowest BCUT2D eigenvalue weighted by atomic mass is 10.1. The smallest absolute Gasteiger partial charge is 0.273 e. The molecular formula is C22H24F2N6O4S. The summed E-state index contributed by atoms with van der Waals surface area (Å²) in [6, 6.07) is 1.13. The molecule has 0 spiro atoms. The maximum atomic E-state index is 14.5. The van der Waals surface area contributed by atoms with E-state index in [1.165, 1.54) is 38.0 Å². The van der Waals surface area contributed by atoms with E-state index in [1.54, 1.807) is 10.3 Å². The van der Waals surface area contributed by atoms with Crippen molar-refractivity contribution < 1.29 is 27.8 Å². The van der Waals surface area contributed by atoms with E-state index in [0.29, 0.717) is 23.9 Å². The number of methoxy groups -OCH3 is 2. The number of halogens is 2. The number of anilines is 2. The minimum absolute atomic E-state index is 0.110. The number of carbonyl (C=O) groups is 1. The zero-order valence-electron chi connectivity index (χ0n) is 19.4. The summed E-state index contributed by atoms with van der Waals surface area (Å²) in [7, 11) is 4.57. The Morgan fingerprint density at radius 1 is 1.09 bits per heavy atom. The quantitative estimate of drug-likeness (QED) is 0.494. The molecule has 4 rings (SSSR count). The molecule has 13 heteroatoms. The number of amides is 1. The second-order valence-corrected chi connectivity index (χ2v) is 8.54. The predicted octanol–water partition coefficient (Wildman–Crippen LogP) is 2.94. The van der Waals surface area contributed by atoms with Gasteiger partial charge < -0.3 is 29.3 Å². The van der Waals surface area contributed by atoms with Crippen LogP contribution in [-0.4, -0.2) is 78.1 Å². The molecule has 0 aliphatic carbocycles. The maximum Gasteiger partial charge on any atom is 0.273 e. The van der Waals surface area contributed by atoms with Crippen molar-refractivity contribution in [2.24, 2.45) is 0 Å². The molecule has 3 aromatic rings. The minimum atomic E-state index is -0.879. The first-order valence-electron chi connectivity index (χ1n) is 10.6. The van der Waals surface area contributed by atoms with Crippen LogP contribution in [0.15, 0.2) is 23.8 Å². The summed E-state index contributed by atoms with van der Waals surface area (Å²) < 4.78 is 44.3. The third kappa shape index (κ3) is 5.57. The Morgan fingerprint density at radius 3 is 2.31 bits per heavy atom. The number of piperazine rings is 1. The van der Waals surface area contributed by atoms with Gasteiger partial charge in [-0.1, -0.05) is 0 Å². The lowest BCUT2D eigenvalue weighted by Crippen LogP contribution is -2.47. The molecule has 3 heterocycles. The number of hydrogen-bond acceptors (Lipinski definition) is 10. The molecule has 2 aromatic heterocycles. The van der Waals surface area contributed by atoms with Gasteiger partial charge >= 0.3 is 0 Å². The number of ether oxygens (including phenoxy) is 3. The third-order valence-electron chi connectivity index (χ3n) is 5.41. The standard InChI is InChI=1S/C22H24F2N6O4S/c1-29-4-6-30(7-5-29)20(31)15-12-35-22(27-15)28-21-25-9-13(10-26-21)34-11-14-18(23)16(32-2)8-17(33-3)19(14)24/h8-10,12H,4-7,11H2,1-3H3,(H,25,26,27,28). The Labute approximate surface area is 204 Å². The van der Waals surface area contributed by atoms with Crippen LogP contribution < -0.4 is 19.5 Å². The molecule has 0 radical (unpaired) electrons. The molecule has 1 aliphatic heterocycles. The molecule has 1 fully saturated rings. The molecule has 186 valence electrons. The van der Waals surface area contributed by atoms with Crippen molar-refractivity contribution in [1.82, 2.24) is 24.8 Å². The summed E-state index contributed by atoms with van der Waals surface area (Å²) >= 11 is 1.26. The van der Waals surface area contributed by atoms with Crippen LogP contribution >= 0.6 is 11.3 Å². The second kappa shape index (κ2) is 10.8. The first-order chi connectivity index (χ1) is 16.9. The SMILES string of the molecule is COc1cc(OC)c(F)c(COc2cnc(Nc3nc(C(=O)N4CCN(C)CC4)cs3)nc2)c1F. The first kappa shape index (κ1) is 24.5. The van der Waals surface area contributed by atoms with Crippen molar-refractivity contribution in [2.75, 3.05) is 52.8 Å². The number of aromatic nitrogens is 3. The number of thiazole rings is 1. The average molecular weight is 507 g/mol. The Balaban J connectivity index is 1.37. The van der Waals surface area contributed by atoms with Crippen LogP contribution in [0.3, 0.4) is 0 Å². The van der Waals surface area contributed by atoms with Crippen molar-refractivity contribution >= 4 is 28.3 Å². The lowest BCUT2D eigenvalue weighted by molar-refractivity contribution is 0.0659. The Bertz CT molecular complexity index is 1160. The van der Waals surface area contributed by atoms with E-state index in [-0.39, 0.29) is 34.7 Å². The molecular weight excluding hydrogens is 482 g/mol. The molecule has 1 amide bonds. The molecule has 0 atom stereocenters. The summed E-state index contributed by atoms with van der Waals surface area (Å²) in [4.78, 5) is 29.2. The number of likely N-dealkylation sites (N-methyl/N-ethyl adjacent to an activating group) is 1. The van der Waals surface area contributed by atoms with Crippen LogP contribution in [0.25, 0.3) is 0 Å².